The highest BCUT2D eigenvalue weighted by Crippen LogP contribution is 2.37. The highest BCUT2D eigenvalue weighted by Gasteiger charge is 2.32. The maximum Gasteiger partial charge on any atom is 0.267 e. The van der Waals surface area contributed by atoms with Crippen LogP contribution in [0.15, 0.2) is 109 Å². The van der Waals surface area contributed by atoms with Gasteiger partial charge in [-0.05, 0) is 54.7 Å². The summed E-state index contributed by atoms with van der Waals surface area (Å²) in [6.45, 7) is 2.35. The lowest BCUT2D eigenvalue weighted by Crippen LogP contribution is -2.45. The van der Waals surface area contributed by atoms with E-state index in [9.17, 15) is 9.59 Å². The van der Waals surface area contributed by atoms with Crippen LogP contribution in [0.25, 0.3) is 0 Å². The normalized spacial score (nSPS) is 14.7. The van der Waals surface area contributed by atoms with Gasteiger partial charge in [0, 0.05) is 12.2 Å². The van der Waals surface area contributed by atoms with Gasteiger partial charge in [-0.25, -0.2) is 0 Å². The molecule has 1 atom stereocenters. The summed E-state index contributed by atoms with van der Waals surface area (Å²) in [6, 6.07) is 35.3. The molecular weight excluding hydrogens is 460 g/mol. The lowest BCUT2D eigenvalue weighted by atomic mass is 9.90. The molecule has 1 aliphatic heterocycles. The molecule has 0 bridgehead atoms. The van der Waals surface area contributed by atoms with Gasteiger partial charge in [-0.2, -0.15) is 0 Å². The number of anilines is 2. The zero-order valence-electron chi connectivity index (χ0n) is 20.8. The van der Waals surface area contributed by atoms with Crippen molar-refractivity contribution < 1.29 is 14.3 Å². The number of ether oxygens (including phenoxy) is 1. The van der Waals surface area contributed by atoms with E-state index in [1.54, 1.807) is 11.8 Å². The molecule has 1 aliphatic rings. The van der Waals surface area contributed by atoms with E-state index in [4.69, 9.17) is 4.74 Å². The van der Waals surface area contributed by atoms with Crippen molar-refractivity contribution in [2.75, 3.05) is 16.8 Å². The van der Waals surface area contributed by atoms with Gasteiger partial charge in [-0.15, -0.1) is 0 Å². The van der Waals surface area contributed by atoms with Crippen molar-refractivity contribution in [3.63, 3.8) is 0 Å². The number of fused-ring (bicyclic) bond motifs is 1. The quantitative estimate of drug-likeness (QED) is 0.320. The second-order valence-electron chi connectivity index (χ2n) is 9.27. The molecule has 5 nitrogen and oxygen atoms in total. The SMILES string of the molecule is CC1Oc2ccc(NC(=O)C(c3ccccc3)c3ccccc3)cc2N(CCCc2ccccc2)C1=O. The molecule has 37 heavy (non-hydrogen) atoms. The lowest BCUT2D eigenvalue weighted by molar-refractivity contribution is -0.125. The van der Waals surface area contributed by atoms with Crippen LogP contribution in [0.4, 0.5) is 11.4 Å². The fraction of sp³-hybridized carbons (Fsp3) is 0.188. The minimum absolute atomic E-state index is 0.0736. The van der Waals surface area contributed by atoms with Gasteiger partial charge in [0.2, 0.25) is 5.91 Å². The minimum atomic E-state index is -0.551. The first-order chi connectivity index (χ1) is 18.1. The molecule has 0 saturated carbocycles. The van der Waals surface area contributed by atoms with Gasteiger partial charge in [-0.1, -0.05) is 91.0 Å². The Balaban J connectivity index is 1.38. The highest BCUT2D eigenvalue weighted by molar-refractivity contribution is 6.02. The standard InChI is InChI=1S/C32H30N2O3/c1-23-32(36)34(21-11-14-24-12-5-2-6-13-24)28-22-27(19-20-29(28)37-23)33-31(35)30(25-15-7-3-8-16-25)26-17-9-4-10-18-26/h2-10,12-13,15-20,22-23,30H,11,14,21H2,1H3,(H,33,35). The van der Waals surface area contributed by atoms with E-state index in [2.05, 4.69) is 17.4 Å². The number of nitrogens with one attached hydrogen (secondary N) is 1. The highest BCUT2D eigenvalue weighted by atomic mass is 16.5. The number of carbonyl (C=O) groups excluding carboxylic acids is 2. The summed E-state index contributed by atoms with van der Waals surface area (Å²) in [5, 5.41) is 3.09. The third-order valence-corrected chi connectivity index (χ3v) is 6.65. The molecule has 0 aromatic heterocycles. The van der Waals surface area contributed by atoms with E-state index in [1.165, 1.54) is 5.56 Å². The van der Waals surface area contributed by atoms with Crippen molar-refractivity contribution in [3.8, 4) is 5.75 Å². The molecule has 186 valence electrons. The van der Waals surface area contributed by atoms with Crippen LogP contribution in [0.3, 0.4) is 0 Å². The maximum atomic E-state index is 13.6. The molecule has 5 heteroatoms. The number of nitrogens with zero attached hydrogens (tertiary/aromatic N) is 1. The third kappa shape index (κ3) is 5.56. The van der Waals surface area contributed by atoms with Gasteiger partial charge in [0.1, 0.15) is 5.75 Å². The number of hydrogen-bond acceptors (Lipinski definition) is 3. The Labute approximate surface area is 217 Å². The number of benzene rings is 4. The summed E-state index contributed by atoms with van der Waals surface area (Å²) < 4.78 is 5.88. The monoisotopic (exact) mass is 490 g/mol. The molecule has 5 rings (SSSR count). The molecule has 1 heterocycles. The van der Waals surface area contributed by atoms with Crippen molar-refractivity contribution in [2.45, 2.75) is 31.8 Å². The topological polar surface area (TPSA) is 58.6 Å². The number of carbonyl (C=O) groups is 2. The molecule has 0 fully saturated rings. The molecule has 0 saturated heterocycles. The Bertz CT molecular complexity index is 1320. The second kappa shape index (κ2) is 11.1. The summed E-state index contributed by atoms with van der Waals surface area (Å²) in [6.07, 6.45) is 1.15. The van der Waals surface area contributed by atoms with E-state index < -0.39 is 12.0 Å². The van der Waals surface area contributed by atoms with E-state index in [0.29, 0.717) is 23.7 Å². The average molecular weight is 491 g/mol. The molecule has 0 aliphatic carbocycles. The van der Waals surface area contributed by atoms with Crippen LogP contribution in [0, 0.1) is 0 Å². The Hall–Kier alpha value is -4.38. The van der Waals surface area contributed by atoms with E-state index in [1.807, 2.05) is 97.1 Å². The van der Waals surface area contributed by atoms with Gasteiger partial charge in [-0.3, -0.25) is 9.59 Å². The average Bonchev–Trinajstić information content (AvgIpc) is 2.93. The Morgan fingerprint density at radius 3 is 2.08 bits per heavy atom. The van der Waals surface area contributed by atoms with E-state index >= 15 is 0 Å². The number of rotatable bonds is 8. The Morgan fingerprint density at radius 1 is 0.865 bits per heavy atom. The first-order valence-corrected chi connectivity index (χ1v) is 12.7. The van der Waals surface area contributed by atoms with Crippen molar-refractivity contribution in [1.82, 2.24) is 0 Å². The molecule has 4 aromatic carbocycles. The van der Waals surface area contributed by atoms with E-state index in [0.717, 1.165) is 24.0 Å². The molecule has 4 aromatic rings. The maximum absolute atomic E-state index is 13.6. The summed E-state index contributed by atoms with van der Waals surface area (Å²) >= 11 is 0. The molecule has 2 amide bonds. The van der Waals surface area contributed by atoms with Gasteiger partial charge in [0.15, 0.2) is 6.10 Å². The zero-order valence-corrected chi connectivity index (χ0v) is 20.8. The van der Waals surface area contributed by atoms with Gasteiger partial charge in [0.25, 0.3) is 5.91 Å². The number of amides is 2. The Kier molecular flexibility index (Phi) is 7.31. The molecule has 1 N–H and O–H groups in total. The summed E-state index contributed by atoms with van der Waals surface area (Å²) in [5.74, 6) is -0.0225. The van der Waals surface area contributed by atoms with Crippen LogP contribution < -0.4 is 15.0 Å². The first kappa shape index (κ1) is 24.3. The Morgan fingerprint density at radius 2 is 1.46 bits per heavy atom. The zero-order chi connectivity index (χ0) is 25.6. The van der Waals surface area contributed by atoms with Crippen LogP contribution in [0.1, 0.15) is 36.0 Å². The third-order valence-electron chi connectivity index (χ3n) is 6.65. The van der Waals surface area contributed by atoms with Crippen molar-refractivity contribution >= 4 is 23.2 Å². The predicted molar refractivity (Wildman–Crippen MR) is 147 cm³/mol. The summed E-state index contributed by atoms with van der Waals surface area (Å²) in [4.78, 5) is 28.4. The van der Waals surface area contributed by atoms with Crippen LogP contribution >= 0.6 is 0 Å². The van der Waals surface area contributed by atoms with Gasteiger partial charge in [0.05, 0.1) is 11.6 Å². The molecule has 1 unspecified atom stereocenters. The lowest BCUT2D eigenvalue weighted by Gasteiger charge is -2.33. The van der Waals surface area contributed by atoms with Crippen molar-refractivity contribution in [3.05, 3.63) is 126 Å². The van der Waals surface area contributed by atoms with Crippen LogP contribution in [-0.4, -0.2) is 24.5 Å². The predicted octanol–water partition coefficient (Wildman–Crippen LogP) is 6.20. The summed E-state index contributed by atoms with van der Waals surface area (Å²) in [7, 11) is 0. The first-order valence-electron chi connectivity index (χ1n) is 12.7. The smallest absolute Gasteiger partial charge is 0.267 e. The fourth-order valence-electron chi connectivity index (χ4n) is 4.80. The van der Waals surface area contributed by atoms with Crippen LogP contribution in [0.2, 0.25) is 0 Å². The molecular formula is C32H30N2O3. The van der Waals surface area contributed by atoms with Crippen molar-refractivity contribution in [2.24, 2.45) is 0 Å². The van der Waals surface area contributed by atoms with Crippen LogP contribution in [0.5, 0.6) is 5.75 Å². The second-order valence-corrected chi connectivity index (χ2v) is 9.27. The molecule has 0 radical (unpaired) electrons. The largest absolute Gasteiger partial charge is 0.479 e. The van der Waals surface area contributed by atoms with Crippen LogP contribution in [-0.2, 0) is 16.0 Å². The molecule has 0 spiro atoms. The van der Waals surface area contributed by atoms with Gasteiger partial charge >= 0.3 is 0 Å². The minimum Gasteiger partial charge on any atom is -0.479 e. The fourth-order valence-corrected chi connectivity index (χ4v) is 4.80. The number of hydrogen-bond donors (Lipinski definition) is 1. The number of aryl methyl sites for hydroxylation is 1. The summed E-state index contributed by atoms with van der Waals surface area (Å²) in [5.41, 5.74) is 4.38. The van der Waals surface area contributed by atoms with Crippen molar-refractivity contribution in [1.29, 1.82) is 0 Å². The van der Waals surface area contributed by atoms with Gasteiger partial charge < -0.3 is 15.0 Å². The van der Waals surface area contributed by atoms with E-state index in [-0.39, 0.29) is 11.8 Å².